The van der Waals surface area contributed by atoms with Gasteiger partial charge in [-0.25, -0.2) is 9.97 Å². The van der Waals surface area contributed by atoms with Crippen LogP contribution in [0.3, 0.4) is 0 Å². The molecule has 7 heteroatoms. The van der Waals surface area contributed by atoms with E-state index in [2.05, 4.69) is 26.7 Å². The number of hydrogen-bond donors (Lipinski definition) is 1. The Morgan fingerprint density at radius 2 is 1.72 bits per heavy atom. The highest BCUT2D eigenvalue weighted by Gasteiger charge is 2.30. The van der Waals surface area contributed by atoms with E-state index in [4.69, 9.17) is 19.9 Å². The molecule has 2 aromatic heterocycles. The minimum atomic E-state index is -0.0676. The second kappa shape index (κ2) is 9.02. The molecule has 0 bridgehead atoms. The summed E-state index contributed by atoms with van der Waals surface area (Å²) in [5, 5.41) is 0. The molecule has 0 aliphatic carbocycles. The number of nitrogens with zero attached hydrogens (tertiary/aromatic N) is 3. The van der Waals surface area contributed by atoms with Crippen LogP contribution >= 0.6 is 0 Å². The Hall–Kier alpha value is -4.36. The summed E-state index contributed by atoms with van der Waals surface area (Å²) in [6.07, 6.45) is 1.39. The molecule has 0 spiro atoms. The largest absolute Gasteiger partial charge is 0.486 e. The summed E-state index contributed by atoms with van der Waals surface area (Å²) in [6.45, 7) is 4.56. The van der Waals surface area contributed by atoms with Crippen molar-refractivity contribution in [2.24, 2.45) is 0 Å². The van der Waals surface area contributed by atoms with E-state index in [1.807, 2.05) is 80.6 Å². The van der Waals surface area contributed by atoms with Gasteiger partial charge in [0, 0.05) is 17.3 Å². The molecule has 1 unspecified atom stereocenters. The number of anilines is 1. The number of hydrogen-bond acceptors (Lipinski definition) is 6. The molecule has 2 atom stereocenters. The third-order valence-electron chi connectivity index (χ3n) is 6.50. The summed E-state index contributed by atoms with van der Waals surface area (Å²) >= 11 is 0. The second-order valence-corrected chi connectivity index (χ2v) is 8.85. The van der Waals surface area contributed by atoms with Crippen LogP contribution in [0.4, 0.5) is 5.82 Å². The van der Waals surface area contributed by atoms with Crippen LogP contribution in [-0.4, -0.2) is 14.5 Å². The Bertz CT molecular complexity index is 1530. The Balaban J connectivity index is 1.25. The summed E-state index contributed by atoms with van der Waals surface area (Å²) in [7, 11) is 0. The minimum absolute atomic E-state index is 0.0419. The van der Waals surface area contributed by atoms with Crippen molar-refractivity contribution in [3.8, 4) is 22.9 Å². The lowest BCUT2D eigenvalue weighted by Crippen LogP contribution is -2.03. The maximum absolute atomic E-state index is 6.27. The van der Waals surface area contributed by atoms with E-state index < -0.39 is 0 Å². The summed E-state index contributed by atoms with van der Waals surface area (Å²) in [5.74, 6) is 2.62. The van der Waals surface area contributed by atoms with Crippen molar-refractivity contribution in [3.05, 3.63) is 102 Å². The van der Waals surface area contributed by atoms with Crippen molar-refractivity contribution < 1.29 is 14.2 Å². The molecule has 0 radical (unpaired) electrons. The third-order valence-corrected chi connectivity index (χ3v) is 6.50. The molecule has 7 nitrogen and oxygen atoms in total. The highest BCUT2D eigenvalue weighted by atomic mass is 16.5. The SMILES string of the molecule is CC1OCc2c1c1ncnc(N)c1n2-c1ccc(Oc2cccc(O[C@@H](C)c3ccccc3)c2)cc1. The van der Waals surface area contributed by atoms with Gasteiger partial charge in [0.25, 0.3) is 0 Å². The molecule has 6 rings (SSSR count). The molecule has 2 N–H and O–H groups in total. The second-order valence-electron chi connectivity index (χ2n) is 8.85. The van der Waals surface area contributed by atoms with Gasteiger partial charge in [-0.05, 0) is 55.8 Å². The molecule has 0 amide bonds. The Morgan fingerprint density at radius 1 is 0.944 bits per heavy atom. The Labute approximate surface area is 209 Å². The molecule has 3 heterocycles. The van der Waals surface area contributed by atoms with Gasteiger partial charge in [0.2, 0.25) is 0 Å². The molecule has 36 heavy (non-hydrogen) atoms. The first-order valence-electron chi connectivity index (χ1n) is 11.9. The van der Waals surface area contributed by atoms with Crippen LogP contribution in [0, 0.1) is 0 Å². The molecule has 5 aromatic rings. The topological polar surface area (TPSA) is 84.4 Å². The van der Waals surface area contributed by atoms with Gasteiger partial charge in [0.1, 0.15) is 40.7 Å². The molecular weight excluding hydrogens is 452 g/mol. The maximum atomic E-state index is 6.27. The zero-order chi connectivity index (χ0) is 24.6. The maximum Gasteiger partial charge on any atom is 0.151 e. The molecule has 0 fully saturated rings. The molecule has 3 aromatic carbocycles. The monoisotopic (exact) mass is 478 g/mol. The standard InChI is InChI=1S/C29H26N4O3/c1-18(20-7-4-3-5-8-20)35-23-9-6-10-24(15-23)36-22-13-11-21(12-14-22)33-25-16-34-19(2)26(25)27-28(33)29(30)32-17-31-27/h3-15,17-19H,16H2,1-2H3,(H2,30,31,32)/t18-,19?/m0/s1. The number of benzene rings is 3. The predicted octanol–water partition coefficient (Wildman–Crippen LogP) is 6.53. The van der Waals surface area contributed by atoms with Crippen molar-refractivity contribution in [2.75, 3.05) is 5.73 Å². The average molecular weight is 479 g/mol. The fraction of sp³-hybridized carbons (Fsp3) is 0.172. The summed E-state index contributed by atoms with van der Waals surface area (Å²) in [6, 6.07) is 25.7. The zero-order valence-electron chi connectivity index (χ0n) is 20.1. The van der Waals surface area contributed by atoms with E-state index in [1.54, 1.807) is 0 Å². The van der Waals surface area contributed by atoms with Crippen LogP contribution in [0.5, 0.6) is 17.2 Å². The van der Waals surface area contributed by atoms with Gasteiger partial charge >= 0.3 is 0 Å². The lowest BCUT2D eigenvalue weighted by Gasteiger charge is -2.16. The first-order valence-corrected chi connectivity index (χ1v) is 11.9. The van der Waals surface area contributed by atoms with Gasteiger partial charge in [-0.1, -0.05) is 36.4 Å². The van der Waals surface area contributed by atoms with E-state index in [0.29, 0.717) is 23.9 Å². The molecule has 0 saturated heterocycles. The van der Waals surface area contributed by atoms with Gasteiger partial charge < -0.3 is 24.5 Å². The van der Waals surface area contributed by atoms with Gasteiger partial charge in [0.15, 0.2) is 5.82 Å². The number of nitrogen functional groups attached to an aromatic ring is 1. The van der Waals surface area contributed by atoms with Crippen molar-refractivity contribution in [1.82, 2.24) is 14.5 Å². The van der Waals surface area contributed by atoms with E-state index in [9.17, 15) is 0 Å². The van der Waals surface area contributed by atoms with Crippen LogP contribution in [0.15, 0.2) is 85.2 Å². The molecule has 180 valence electrons. The van der Waals surface area contributed by atoms with Crippen molar-refractivity contribution in [1.29, 1.82) is 0 Å². The van der Waals surface area contributed by atoms with Crippen LogP contribution in [0.2, 0.25) is 0 Å². The number of aromatic nitrogens is 3. The Morgan fingerprint density at radius 3 is 2.53 bits per heavy atom. The zero-order valence-corrected chi connectivity index (χ0v) is 20.1. The van der Waals surface area contributed by atoms with E-state index in [-0.39, 0.29) is 12.2 Å². The first-order chi connectivity index (χ1) is 17.6. The molecular formula is C29H26N4O3. The smallest absolute Gasteiger partial charge is 0.151 e. The number of nitrogens with two attached hydrogens (primary N) is 1. The van der Waals surface area contributed by atoms with Gasteiger partial charge in [0.05, 0.1) is 18.4 Å². The lowest BCUT2D eigenvalue weighted by atomic mass is 10.1. The lowest BCUT2D eigenvalue weighted by molar-refractivity contribution is 0.0783. The van der Waals surface area contributed by atoms with Gasteiger partial charge in [-0.3, -0.25) is 0 Å². The highest BCUT2D eigenvalue weighted by Crippen LogP contribution is 2.41. The normalized spacial score (nSPS) is 15.6. The van der Waals surface area contributed by atoms with E-state index >= 15 is 0 Å². The fourth-order valence-corrected chi connectivity index (χ4v) is 4.75. The van der Waals surface area contributed by atoms with Crippen molar-refractivity contribution in [3.63, 3.8) is 0 Å². The number of rotatable bonds is 6. The first kappa shape index (κ1) is 22.1. The number of ether oxygens (including phenoxy) is 3. The molecule has 0 saturated carbocycles. The van der Waals surface area contributed by atoms with Gasteiger partial charge in [-0.2, -0.15) is 0 Å². The van der Waals surface area contributed by atoms with Crippen LogP contribution in [-0.2, 0) is 11.3 Å². The summed E-state index contributed by atoms with van der Waals surface area (Å²) < 4.78 is 20.2. The summed E-state index contributed by atoms with van der Waals surface area (Å²) in [5.41, 5.74) is 12.1. The highest BCUT2D eigenvalue weighted by molar-refractivity contribution is 5.91. The third kappa shape index (κ3) is 3.93. The molecule has 1 aliphatic heterocycles. The van der Waals surface area contributed by atoms with Crippen LogP contribution in [0.25, 0.3) is 16.7 Å². The summed E-state index contributed by atoms with van der Waals surface area (Å²) in [4.78, 5) is 8.72. The fourth-order valence-electron chi connectivity index (χ4n) is 4.75. The van der Waals surface area contributed by atoms with E-state index in [1.165, 1.54) is 6.33 Å². The quantitative estimate of drug-likeness (QED) is 0.299. The number of fused-ring (bicyclic) bond motifs is 3. The Kier molecular flexibility index (Phi) is 5.54. The van der Waals surface area contributed by atoms with E-state index in [0.717, 1.165) is 39.3 Å². The van der Waals surface area contributed by atoms with Crippen LogP contribution < -0.4 is 15.2 Å². The predicted molar refractivity (Wildman–Crippen MR) is 138 cm³/mol. The van der Waals surface area contributed by atoms with Gasteiger partial charge in [-0.15, -0.1) is 0 Å². The average Bonchev–Trinajstić information content (AvgIpc) is 3.44. The van der Waals surface area contributed by atoms with Crippen molar-refractivity contribution in [2.45, 2.75) is 32.7 Å². The van der Waals surface area contributed by atoms with Crippen LogP contribution in [0.1, 0.15) is 42.9 Å². The minimum Gasteiger partial charge on any atom is -0.486 e. The molecule has 1 aliphatic rings. The van der Waals surface area contributed by atoms with Crippen molar-refractivity contribution >= 4 is 16.9 Å².